The van der Waals surface area contributed by atoms with Crippen LogP contribution in [0.25, 0.3) is 0 Å². The summed E-state index contributed by atoms with van der Waals surface area (Å²) in [5, 5.41) is 9.59. The largest absolute Gasteiger partial charge is 0.462 e. The van der Waals surface area contributed by atoms with Crippen molar-refractivity contribution in [1.82, 2.24) is 0 Å². The minimum atomic E-state index is -0.792. The monoisotopic (exact) mass is 751 g/mol. The Kier molecular flexibility index (Phi) is 42.1. The average molecular weight is 751 g/mol. The molecule has 0 saturated heterocycles. The number of esters is 2. The highest BCUT2D eigenvalue weighted by Gasteiger charge is 2.16. The molecule has 1 unspecified atom stereocenters. The maximum atomic E-state index is 12.2. The van der Waals surface area contributed by atoms with Crippen molar-refractivity contribution in [3.8, 4) is 0 Å². The Labute approximate surface area is 333 Å². The molecule has 0 rings (SSSR count). The van der Waals surface area contributed by atoms with Crippen molar-refractivity contribution in [3.63, 3.8) is 0 Å². The van der Waals surface area contributed by atoms with E-state index in [2.05, 4.69) is 98.9 Å². The second kappa shape index (κ2) is 44.5. The fourth-order valence-corrected chi connectivity index (χ4v) is 5.85. The van der Waals surface area contributed by atoms with E-state index in [1.807, 2.05) is 0 Å². The van der Waals surface area contributed by atoms with Crippen molar-refractivity contribution in [1.29, 1.82) is 0 Å². The van der Waals surface area contributed by atoms with Gasteiger partial charge in [-0.2, -0.15) is 0 Å². The first-order chi connectivity index (χ1) is 26.6. The van der Waals surface area contributed by atoms with E-state index < -0.39 is 6.10 Å². The van der Waals surface area contributed by atoms with Gasteiger partial charge in [-0.25, -0.2) is 0 Å². The summed E-state index contributed by atoms with van der Waals surface area (Å²) in [4.78, 5) is 24.3. The van der Waals surface area contributed by atoms with E-state index in [0.717, 1.165) is 89.9 Å². The number of hydrogen-bond acceptors (Lipinski definition) is 5. The molecular formula is C49H82O5. The molecular weight excluding hydrogens is 669 g/mol. The van der Waals surface area contributed by atoms with Gasteiger partial charge < -0.3 is 14.6 Å². The summed E-state index contributed by atoms with van der Waals surface area (Å²) >= 11 is 0. The topological polar surface area (TPSA) is 72.8 Å². The Balaban J connectivity index is 3.64. The van der Waals surface area contributed by atoms with Gasteiger partial charge in [0, 0.05) is 12.8 Å². The summed E-state index contributed by atoms with van der Waals surface area (Å²) in [6.45, 7) is 3.99. The van der Waals surface area contributed by atoms with Crippen LogP contribution >= 0.6 is 0 Å². The van der Waals surface area contributed by atoms with Crippen LogP contribution in [0.5, 0.6) is 0 Å². The van der Waals surface area contributed by atoms with E-state index in [1.54, 1.807) is 0 Å². The van der Waals surface area contributed by atoms with Crippen LogP contribution in [0.4, 0.5) is 0 Å². The first-order valence-electron chi connectivity index (χ1n) is 22.1. The van der Waals surface area contributed by atoms with E-state index in [4.69, 9.17) is 9.47 Å². The highest BCUT2D eigenvalue weighted by atomic mass is 16.6. The number of carbonyl (C=O) groups excluding carboxylic acids is 2. The van der Waals surface area contributed by atoms with Crippen LogP contribution < -0.4 is 0 Å². The third-order valence-electron chi connectivity index (χ3n) is 9.17. The van der Waals surface area contributed by atoms with Gasteiger partial charge in [0.05, 0.1) is 6.61 Å². The second-order valence-corrected chi connectivity index (χ2v) is 14.4. The molecule has 0 aliphatic heterocycles. The van der Waals surface area contributed by atoms with Crippen LogP contribution in [-0.4, -0.2) is 36.4 Å². The van der Waals surface area contributed by atoms with Crippen LogP contribution in [0.15, 0.2) is 85.1 Å². The summed E-state index contributed by atoms with van der Waals surface area (Å²) in [7, 11) is 0. The van der Waals surface area contributed by atoms with E-state index in [-0.39, 0.29) is 25.2 Å². The van der Waals surface area contributed by atoms with Crippen LogP contribution in [0.3, 0.4) is 0 Å². The Morgan fingerprint density at radius 3 is 1.22 bits per heavy atom. The molecule has 5 heteroatoms. The number of aliphatic hydroxyl groups is 1. The molecule has 0 heterocycles. The van der Waals surface area contributed by atoms with Crippen LogP contribution in [0.1, 0.15) is 194 Å². The SMILES string of the molecule is CC/C=C\C/C=C\C/C=C\C/C=C\C/C=C\C/C=C\CCCCCCC(=O)OC(CO)COC(=O)CCCCCCCCC/C=C\CCCCCCCC. The molecule has 0 radical (unpaired) electrons. The lowest BCUT2D eigenvalue weighted by atomic mass is 10.1. The highest BCUT2D eigenvalue weighted by molar-refractivity contribution is 5.70. The predicted molar refractivity (Wildman–Crippen MR) is 233 cm³/mol. The number of unbranched alkanes of at least 4 members (excludes halogenated alkanes) is 17. The summed E-state index contributed by atoms with van der Waals surface area (Å²) in [5.74, 6) is -0.629. The molecule has 308 valence electrons. The molecule has 1 N–H and O–H groups in total. The third-order valence-corrected chi connectivity index (χ3v) is 9.17. The van der Waals surface area contributed by atoms with Gasteiger partial charge in [0.2, 0.25) is 0 Å². The quantitative estimate of drug-likeness (QED) is 0.0385. The molecule has 0 aliphatic rings. The number of allylic oxidation sites excluding steroid dienone is 14. The Morgan fingerprint density at radius 1 is 0.444 bits per heavy atom. The van der Waals surface area contributed by atoms with Gasteiger partial charge in [-0.3, -0.25) is 9.59 Å². The lowest BCUT2D eigenvalue weighted by Crippen LogP contribution is -2.28. The number of ether oxygens (including phenoxy) is 2. The molecule has 0 aromatic rings. The normalized spacial score (nSPS) is 13.0. The second-order valence-electron chi connectivity index (χ2n) is 14.4. The Bertz CT molecular complexity index is 1030. The lowest BCUT2D eigenvalue weighted by Gasteiger charge is -2.15. The van der Waals surface area contributed by atoms with E-state index in [0.29, 0.717) is 12.8 Å². The van der Waals surface area contributed by atoms with Crippen LogP contribution in [0.2, 0.25) is 0 Å². The number of rotatable bonds is 39. The smallest absolute Gasteiger partial charge is 0.306 e. The fourth-order valence-electron chi connectivity index (χ4n) is 5.85. The third kappa shape index (κ3) is 41.8. The zero-order valence-electron chi connectivity index (χ0n) is 35.0. The molecule has 0 bridgehead atoms. The predicted octanol–water partition coefficient (Wildman–Crippen LogP) is 14.3. The first kappa shape index (κ1) is 51.1. The lowest BCUT2D eigenvalue weighted by molar-refractivity contribution is -0.161. The van der Waals surface area contributed by atoms with Crippen molar-refractivity contribution in [2.75, 3.05) is 13.2 Å². The Hall–Kier alpha value is -2.92. The van der Waals surface area contributed by atoms with Gasteiger partial charge in [-0.05, 0) is 89.9 Å². The molecule has 0 aliphatic carbocycles. The zero-order chi connectivity index (χ0) is 39.3. The van der Waals surface area contributed by atoms with Gasteiger partial charge in [0.1, 0.15) is 6.61 Å². The number of carbonyl (C=O) groups is 2. The number of aliphatic hydroxyl groups excluding tert-OH is 1. The van der Waals surface area contributed by atoms with Crippen molar-refractivity contribution in [3.05, 3.63) is 85.1 Å². The summed E-state index contributed by atoms with van der Waals surface area (Å²) in [6, 6.07) is 0. The molecule has 1 atom stereocenters. The maximum Gasteiger partial charge on any atom is 0.306 e. The van der Waals surface area contributed by atoms with Crippen molar-refractivity contribution < 1.29 is 24.2 Å². The summed E-state index contributed by atoms with van der Waals surface area (Å²) in [5.41, 5.74) is 0. The van der Waals surface area contributed by atoms with E-state index in [1.165, 1.54) is 77.0 Å². The minimum Gasteiger partial charge on any atom is -0.462 e. The van der Waals surface area contributed by atoms with E-state index >= 15 is 0 Å². The molecule has 5 nitrogen and oxygen atoms in total. The van der Waals surface area contributed by atoms with Crippen molar-refractivity contribution >= 4 is 11.9 Å². The van der Waals surface area contributed by atoms with Gasteiger partial charge in [0.25, 0.3) is 0 Å². The first-order valence-corrected chi connectivity index (χ1v) is 22.1. The average Bonchev–Trinajstić information content (AvgIpc) is 3.17. The highest BCUT2D eigenvalue weighted by Crippen LogP contribution is 2.12. The van der Waals surface area contributed by atoms with Crippen molar-refractivity contribution in [2.24, 2.45) is 0 Å². The molecule has 0 spiro atoms. The van der Waals surface area contributed by atoms with E-state index in [9.17, 15) is 14.7 Å². The summed E-state index contributed by atoms with van der Waals surface area (Å²) < 4.78 is 10.6. The van der Waals surface area contributed by atoms with Crippen LogP contribution in [-0.2, 0) is 19.1 Å². The summed E-state index contributed by atoms with van der Waals surface area (Å²) in [6.07, 6.45) is 60.8. The minimum absolute atomic E-state index is 0.0829. The van der Waals surface area contributed by atoms with Gasteiger partial charge in [-0.15, -0.1) is 0 Å². The molecule has 0 aromatic heterocycles. The molecule has 54 heavy (non-hydrogen) atoms. The van der Waals surface area contributed by atoms with Crippen LogP contribution in [0, 0.1) is 0 Å². The molecule has 0 saturated carbocycles. The zero-order valence-corrected chi connectivity index (χ0v) is 35.0. The molecule has 0 aromatic carbocycles. The van der Waals surface area contributed by atoms with Gasteiger partial charge in [-0.1, -0.05) is 176 Å². The van der Waals surface area contributed by atoms with Crippen molar-refractivity contribution in [2.45, 2.75) is 200 Å². The fraction of sp³-hybridized carbons (Fsp3) is 0.673. The molecule has 0 amide bonds. The number of hydrogen-bond donors (Lipinski definition) is 1. The van der Waals surface area contributed by atoms with Gasteiger partial charge >= 0.3 is 11.9 Å². The van der Waals surface area contributed by atoms with Gasteiger partial charge in [0.15, 0.2) is 6.10 Å². The molecule has 0 fully saturated rings. The standard InChI is InChI=1S/C49H82O5/c1-3-5-7-9-11-13-15-17-19-21-22-23-24-25-26-28-30-32-34-36-38-40-42-44-49(52)54-47(45-50)46-53-48(51)43-41-39-37-35-33-31-29-27-20-18-16-14-12-10-8-6-4-2/h5,7,11,13,17-20,22-23,25-26,30,32,47,50H,3-4,6,8-10,12,14-16,21,24,27-29,31,33-46H2,1-2H3/b7-5-,13-11-,19-17-,20-18-,23-22-,26-25-,32-30-. The maximum absolute atomic E-state index is 12.2. The Morgan fingerprint density at radius 2 is 0.796 bits per heavy atom.